The molecule has 1 aliphatic heterocycles. The monoisotopic (exact) mass is 469 g/mol. The fourth-order valence-corrected chi connectivity index (χ4v) is 4.34. The number of carboxylic acids is 1. The van der Waals surface area contributed by atoms with Crippen LogP contribution in [0.2, 0.25) is 0 Å². The topological polar surface area (TPSA) is 143 Å². The van der Waals surface area contributed by atoms with Crippen molar-refractivity contribution in [1.29, 1.82) is 10.5 Å². The van der Waals surface area contributed by atoms with Crippen LogP contribution in [0.4, 0.5) is 13.2 Å². The zero-order chi connectivity index (χ0) is 24.0. The number of phenolic OH excluding ortho intramolecular Hbond substituents is 1. The maximum atomic E-state index is 13.0. The van der Waals surface area contributed by atoms with Gasteiger partial charge in [0.25, 0.3) is 0 Å². The lowest BCUT2D eigenvalue weighted by molar-refractivity contribution is -0.139. The van der Waals surface area contributed by atoms with Crippen molar-refractivity contribution in [3.8, 4) is 28.5 Å². The van der Waals surface area contributed by atoms with Gasteiger partial charge in [-0.1, -0.05) is 12.1 Å². The van der Waals surface area contributed by atoms with Gasteiger partial charge >= 0.3 is 12.1 Å². The molecule has 0 fully saturated rings. The first-order chi connectivity index (χ1) is 15.6. The summed E-state index contributed by atoms with van der Waals surface area (Å²) in [5.41, 5.74) is -2.99. The van der Waals surface area contributed by atoms with Crippen LogP contribution in [0.25, 0.3) is 20.8 Å². The number of aliphatic imine (C=N–C) groups is 2. The number of thiazole rings is 1. The lowest BCUT2D eigenvalue weighted by Crippen LogP contribution is -2.23. The number of nitrogens with zero attached hydrogens (tertiary/aromatic N) is 5. The summed E-state index contributed by atoms with van der Waals surface area (Å²) in [6, 6.07) is 10.6. The molecule has 12 heteroatoms. The summed E-state index contributed by atoms with van der Waals surface area (Å²) >= 11 is 1.11. The van der Waals surface area contributed by atoms with E-state index in [2.05, 4.69) is 15.0 Å². The smallest absolute Gasteiger partial charge is 0.416 e. The van der Waals surface area contributed by atoms with Crippen LogP contribution in [0, 0.1) is 22.7 Å². The van der Waals surface area contributed by atoms with Gasteiger partial charge in [-0.3, -0.25) is 4.79 Å². The molecule has 0 radical (unpaired) electrons. The highest BCUT2D eigenvalue weighted by atomic mass is 32.1. The van der Waals surface area contributed by atoms with E-state index >= 15 is 0 Å². The summed E-state index contributed by atoms with van der Waals surface area (Å²) in [4.78, 5) is 23.7. The average Bonchev–Trinajstić information content (AvgIpc) is 3.33. The van der Waals surface area contributed by atoms with E-state index in [1.54, 1.807) is 12.1 Å². The fraction of sp³-hybridized carbons (Fsp3) is 0.143. The molecule has 0 bridgehead atoms. The van der Waals surface area contributed by atoms with E-state index < -0.39 is 35.5 Å². The molecule has 0 atom stereocenters. The minimum atomic E-state index is -4.51. The first-order valence-electron chi connectivity index (χ1n) is 9.10. The molecule has 2 heterocycles. The molecule has 3 aromatic rings. The van der Waals surface area contributed by atoms with Gasteiger partial charge in [-0.05, 0) is 24.3 Å². The summed E-state index contributed by atoms with van der Waals surface area (Å²) in [5, 5.41) is 38.7. The number of aromatic nitrogens is 1. The van der Waals surface area contributed by atoms with Gasteiger partial charge in [-0.15, -0.1) is 11.3 Å². The van der Waals surface area contributed by atoms with Gasteiger partial charge in [-0.25, -0.2) is 15.0 Å². The number of rotatable bonds is 4. The van der Waals surface area contributed by atoms with Gasteiger partial charge in [0, 0.05) is 11.1 Å². The highest BCUT2D eigenvalue weighted by Crippen LogP contribution is 2.43. The molecule has 0 spiro atoms. The van der Waals surface area contributed by atoms with Gasteiger partial charge < -0.3 is 10.2 Å². The van der Waals surface area contributed by atoms with E-state index in [0.717, 1.165) is 23.5 Å². The Bertz CT molecular complexity index is 1430. The summed E-state index contributed by atoms with van der Waals surface area (Å²) < 4.78 is 39.4. The van der Waals surface area contributed by atoms with E-state index in [9.17, 15) is 38.7 Å². The third kappa shape index (κ3) is 3.88. The molecular formula is C21H10F3N5O3S. The van der Waals surface area contributed by atoms with Crippen LogP contribution in [-0.4, -0.2) is 32.6 Å². The molecule has 1 aliphatic rings. The molecule has 0 aliphatic carbocycles. The number of phenols is 1. The van der Waals surface area contributed by atoms with E-state index in [1.165, 1.54) is 24.3 Å². The Labute approximate surface area is 187 Å². The molecule has 2 N–H and O–H groups in total. The SMILES string of the molecule is N#CC1=NC(CC(=O)O)(c2ccc(-c3nc4cc(C(F)(F)F)ccc4s3)cc2O)N=C1C#N. The van der Waals surface area contributed by atoms with Crippen molar-refractivity contribution in [3.05, 3.63) is 47.5 Å². The number of alkyl halides is 3. The lowest BCUT2D eigenvalue weighted by atomic mass is 9.95. The molecule has 4 rings (SSSR count). The zero-order valence-corrected chi connectivity index (χ0v) is 17.1. The standard InChI is InChI=1S/C21H10F3N5O3S/c22-21(23,24)11-2-4-17-13(6-11)27-19(33-17)10-1-3-12(16(30)5-10)20(7-18(31)32)28-14(8-25)15(9-26)29-20/h1-6,30H,7H2,(H,31,32). The highest BCUT2D eigenvalue weighted by molar-refractivity contribution is 7.21. The third-order valence-corrected chi connectivity index (χ3v) is 5.90. The number of aromatic hydroxyl groups is 1. The number of hydrogen-bond donors (Lipinski definition) is 2. The largest absolute Gasteiger partial charge is 0.507 e. The van der Waals surface area contributed by atoms with E-state index in [0.29, 0.717) is 15.3 Å². The van der Waals surface area contributed by atoms with Gasteiger partial charge in [0.15, 0.2) is 17.1 Å². The normalized spacial score (nSPS) is 14.9. The van der Waals surface area contributed by atoms with Crippen LogP contribution in [0.15, 0.2) is 46.4 Å². The maximum absolute atomic E-state index is 13.0. The Morgan fingerprint density at radius 2 is 1.76 bits per heavy atom. The Kier molecular flexibility index (Phi) is 5.11. The van der Waals surface area contributed by atoms with Crippen molar-refractivity contribution >= 4 is 38.9 Å². The van der Waals surface area contributed by atoms with Crippen molar-refractivity contribution in [2.75, 3.05) is 0 Å². The number of halogens is 3. The molecule has 164 valence electrons. The highest BCUT2D eigenvalue weighted by Gasteiger charge is 2.42. The first-order valence-corrected chi connectivity index (χ1v) is 9.92. The molecule has 33 heavy (non-hydrogen) atoms. The van der Waals surface area contributed by atoms with Crippen LogP contribution in [-0.2, 0) is 16.6 Å². The molecule has 2 aromatic carbocycles. The zero-order valence-electron chi connectivity index (χ0n) is 16.3. The van der Waals surface area contributed by atoms with Crippen LogP contribution >= 0.6 is 11.3 Å². The number of carboxylic acid groups (broad SMARTS) is 1. The summed E-state index contributed by atoms with van der Waals surface area (Å²) in [6.45, 7) is 0. The van der Waals surface area contributed by atoms with Crippen molar-refractivity contribution in [2.45, 2.75) is 18.3 Å². The first kappa shape index (κ1) is 21.9. The van der Waals surface area contributed by atoms with Crippen molar-refractivity contribution < 1.29 is 28.2 Å². The maximum Gasteiger partial charge on any atom is 0.416 e. The lowest BCUT2D eigenvalue weighted by Gasteiger charge is -2.22. The van der Waals surface area contributed by atoms with E-state index in [1.807, 2.05) is 0 Å². The second kappa shape index (κ2) is 7.69. The molecule has 1 aromatic heterocycles. The van der Waals surface area contributed by atoms with Gasteiger partial charge in [0.05, 0.1) is 22.2 Å². The third-order valence-electron chi connectivity index (χ3n) is 4.82. The second-order valence-electron chi connectivity index (χ2n) is 6.96. The van der Waals surface area contributed by atoms with Crippen LogP contribution in [0.3, 0.4) is 0 Å². The number of hydrogen-bond acceptors (Lipinski definition) is 8. The average molecular weight is 469 g/mol. The van der Waals surface area contributed by atoms with Gasteiger partial charge in [0.1, 0.15) is 22.9 Å². The van der Waals surface area contributed by atoms with Crippen molar-refractivity contribution in [2.24, 2.45) is 9.98 Å². The molecule has 0 unspecified atom stereocenters. The molecule has 0 amide bonds. The van der Waals surface area contributed by atoms with Gasteiger partial charge in [-0.2, -0.15) is 23.7 Å². The summed E-state index contributed by atoms with van der Waals surface area (Å²) in [5.74, 6) is -1.75. The molecule has 8 nitrogen and oxygen atoms in total. The Balaban J connectivity index is 1.79. The molecule has 0 saturated heterocycles. The van der Waals surface area contributed by atoms with Crippen LogP contribution in [0.5, 0.6) is 5.75 Å². The number of carbonyl (C=O) groups is 1. The Hall–Kier alpha value is -4.29. The number of nitriles is 2. The van der Waals surface area contributed by atoms with E-state index in [-0.39, 0.29) is 22.5 Å². The summed E-state index contributed by atoms with van der Waals surface area (Å²) in [6.07, 6.45) is -5.24. The molecular weight excluding hydrogens is 459 g/mol. The van der Waals surface area contributed by atoms with Crippen molar-refractivity contribution in [1.82, 2.24) is 4.98 Å². The van der Waals surface area contributed by atoms with E-state index in [4.69, 9.17) is 0 Å². The second-order valence-corrected chi connectivity index (χ2v) is 7.99. The summed E-state index contributed by atoms with van der Waals surface area (Å²) in [7, 11) is 0. The quantitative estimate of drug-likeness (QED) is 0.585. The predicted octanol–water partition coefficient (Wildman–Crippen LogP) is 4.26. The molecule has 0 saturated carbocycles. The number of aliphatic carboxylic acids is 1. The fourth-order valence-electron chi connectivity index (χ4n) is 3.39. The number of fused-ring (bicyclic) bond motifs is 1. The number of benzene rings is 2. The minimum Gasteiger partial charge on any atom is -0.507 e. The van der Waals surface area contributed by atoms with Crippen LogP contribution < -0.4 is 0 Å². The van der Waals surface area contributed by atoms with Gasteiger partial charge in [0.2, 0.25) is 0 Å². The van der Waals surface area contributed by atoms with Crippen LogP contribution in [0.1, 0.15) is 17.5 Å². The Morgan fingerprint density at radius 3 is 2.30 bits per heavy atom. The minimum absolute atomic E-state index is 0.0490. The predicted molar refractivity (Wildman–Crippen MR) is 112 cm³/mol. The van der Waals surface area contributed by atoms with Crippen molar-refractivity contribution in [3.63, 3.8) is 0 Å². The Morgan fingerprint density at radius 1 is 1.09 bits per heavy atom.